The van der Waals surface area contributed by atoms with Gasteiger partial charge < -0.3 is 11.8 Å². The van der Waals surface area contributed by atoms with Crippen molar-refractivity contribution in [3.8, 4) is 0 Å². The maximum atomic E-state index is 10.3. The summed E-state index contributed by atoms with van der Waals surface area (Å²) in [6, 6.07) is 0. The first-order valence-electron chi connectivity index (χ1n) is 8.39. The molecule has 0 fully saturated rings. The Bertz CT molecular complexity index is 363. The number of carboxylic acids is 1. The van der Waals surface area contributed by atoms with Gasteiger partial charge in [-0.25, -0.2) is 0 Å². The maximum Gasteiger partial charge on any atom is 1.00 e. The molecule has 0 aliphatic carbocycles. The van der Waals surface area contributed by atoms with Gasteiger partial charge in [0.1, 0.15) is 0 Å². The second-order valence-corrected chi connectivity index (χ2v) is 6.42. The quantitative estimate of drug-likeness (QED) is 0.196. The number of carbonyl (C=O) groups is 1. The maximum absolute atomic E-state index is 10.3. The average Bonchev–Trinajstić information content (AvgIpc) is 2.42. The Hall–Kier alpha value is 0.300. The Kier molecular flexibility index (Phi) is 25.9. The van der Waals surface area contributed by atoms with E-state index in [2.05, 4.69) is 12.2 Å². The van der Waals surface area contributed by atoms with Gasteiger partial charge in [-0.3, -0.25) is 13.9 Å². The van der Waals surface area contributed by atoms with Crippen molar-refractivity contribution < 1.29 is 58.4 Å². The van der Waals surface area contributed by atoms with Gasteiger partial charge in [-0.2, -0.15) is 8.42 Å². The van der Waals surface area contributed by atoms with E-state index in [0.717, 1.165) is 6.54 Å². The van der Waals surface area contributed by atoms with Crippen molar-refractivity contribution in [2.45, 2.75) is 77.6 Å². The van der Waals surface area contributed by atoms with Crippen LogP contribution in [0.15, 0.2) is 0 Å². The number of hydrogen-bond acceptors (Lipinski definition) is 4. The zero-order chi connectivity index (χ0) is 18.0. The normalized spacial score (nSPS) is 10.5. The largest absolute Gasteiger partial charge is 1.00 e. The van der Waals surface area contributed by atoms with Crippen LogP contribution >= 0.6 is 0 Å². The van der Waals surface area contributed by atoms with Gasteiger partial charge in [0, 0.05) is 6.54 Å². The number of carboxylic acid groups (broad SMARTS) is 1. The minimum Gasteiger partial charge on any atom is -1.00 e. The van der Waals surface area contributed by atoms with Crippen LogP contribution in [0.3, 0.4) is 0 Å². The smallest absolute Gasteiger partial charge is 1.00 e. The number of nitrogens with one attached hydrogen (secondary N) is 1. The summed E-state index contributed by atoms with van der Waals surface area (Å²) < 4.78 is 31.6. The van der Waals surface area contributed by atoms with Crippen LogP contribution in [-0.4, -0.2) is 41.7 Å². The average molecular weight is 379 g/mol. The van der Waals surface area contributed by atoms with Crippen LogP contribution in [0, 0.1) is 0 Å². The van der Waals surface area contributed by atoms with Gasteiger partial charge in [0.2, 0.25) is 0 Å². The fourth-order valence-electron chi connectivity index (χ4n) is 2.06. The van der Waals surface area contributed by atoms with E-state index in [1.165, 1.54) is 64.2 Å². The molecule has 0 radical (unpaired) electrons. The molecule has 0 saturated heterocycles. The summed E-state index contributed by atoms with van der Waals surface area (Å²) in [7, 11) is -4.67. The van der Waals surface area contributed by atoms with E-state index in [4.69, 9.17) is 22.6 Å². The summed E-state index contributed by atoms with van der Waals surface area (Å²) in [5, 5.41) is 11.6. The molecule has 0 saturated carbocycles. The van der Waals surface area contributed by atoms with Crippen LogP contribution < -0.4 is 34.9 Å². The van der Waals surface area contributed by atoms with Gasteiger partial charge in [0.05, 0.1) is 6.42 Å². The van der Waals surface area contributed by atoms with E-state index in [0.29, 0.717) is 6.54 Å². The fourth-order valence-corrected chi connectivity index (χ4v) is 2.06. The zero-order valence-corrected chi connectivity index (χ0v) is 18.0. The number of unbranched alkanes of at least 4 members (excludes halogenated alkanes) is 9. The molecule has 0 unspecified atom stereocenters. The Morgan fingerprint density at radius 1 is 0.875 bits per heavy atom. The minimum absolute atomic E-state index is 0. The minimum atomic E-state index is -4.67. The van der Waals surface area contributed by atoms with Gasteiger partial charge >= 0.3 is 45.9 Å². The summed E-state index contributed by atoms with van der Waals surface area (Å²) in [5.41, 5.74) is 0. The SMILES string of the molecule is CCCCCCCCCCCCNCCC(=O)O.O=S(=O)(O)O.[H-].[Na+]. The van der Waals surface area contributed by atoms with E-state index in [1.807, 2.05) is 0 Å². The third-order valence-electron chi connectivity index (χ3n) is 3.22. The van der Waals surface area contributed by atoms with Crippen molar-refractivity contribution in [3.05, 3.63) is 0 Å². The van der Waals surface area contributed by atoms with Gasteiger partial charge in [-0.15, -0.1) is 0 Å². The molecule has 0 heterocycles. The molecule has 0 bridgehead atoms. The van der Waals surface area contributed by atoms with Crippen molar-refractivity contribution in [2.24, 2.45) is 0 Å². The molecule has 0 aromatic heterocycles. The molecule has 0 atom stereocenters. The molecule has 0 aliphatic rings. The second-order valence-electron chi connectivity index (χ2n) is 5.52. The van der Waals surface area contributed by atoms with Crippen molar-refractivity contribution in [1.82, 2.24) is 5.32 Å². The first kappa shape index (κ1) is 29.1. The molecule has 0 aromatic rings. The Labute approximate surface area is 170 Å². The van der Waals surface area contributed by atoms with Crippen LogP contribution in [-0.2, 0) is 15.2 Å². The summed E-state index contributed by atoms with van der Waals surface area (Å²) >= 11 is 0. The van der Waals surface area contributed by atoms with Crippen molar-refractivity contribution in [1.29, 1.82) is 0 Å². The predicted molar refractivity (Wildman–Crippen MR) is 92.3 cm³/mol. The molecule has 0 aliphatic heterocycles. The number of hydrogen-bond donors (Lipinski definition) is 4. The van der Waals surface area contributed by atoms with Gasteiger partial charge in [-0.1, -0.05) is 64.7 Å². The Morgan fingerprint density at radius 3 is 1.62 bits per heavy atom. The summed E-state index contributed by atoms with van der Waals surface area (Å²) in [5.74, 6) is -0.717. The van der Waals surface area contributed by atoms with E-state index in [1.54, 1.807) is 0 Å². The molecule has 4 N–H and O–H groups in total. The van der Waals surface area contributed by atoms with E-state index >= 15 is 0 Å². The monoisotopic (exact) mass is 379 g/mol. The summed E-state index contributed by atoms with van der Waals surface area (Å²) in [6.07, 6.45) is 13.7. The van der Waals surface area contributed by atoms with Crippen LogP contribution in [0.2, 0.25) is 0 Å². The molecular formula is C15H34NNaO6S. The molecular weight excluding hydrogens is 345 g/mol. The first-order chi connectivity index (χ1) is 10.8. The van der Waals surface area contributed by atoms with Crippen molar-refractivity contribution in [3.63, 3.8) is 0 Å². The Balaban J connectivity index is -0.000000276. The predicted octanol–water partition coefficient (Wildman–Crippen LogP) is 0.435. The molecule has 0 amide bonds. The summed E-state index contributed by atoms with van der Waals surface area (Å²) in [6.45, 7) is 3.82. The molecule has 24 heavy (non-hydrogen) atoms. The van der Waals surface area contributed by atoms with Crippen LogP contribution in [0.25, 0.3) is 0 Å². The van der Waals surface area contributed by atoms with Gasteiger partial charge in [0.15, 0.2) is 0 Å². The number of rotatable bonds is 14. The molecule has 0 rings (SSSR count). The standard InChI is InChI=1S/C15H31NO2.Na.H2O4S.H/c1-2-3-4-5-6-7-8-9-10-11-13-16-14-12-15(17)18;;1-5(2,3)4;/h16H,2-14H2,1H3,(H,17,18);;(H2,1,2,3,4);/q;+1;;-1. The molecule has 0 aromatic carbocycles. The first-order valence-corrected chi connectivity index (χ1v) is 9.79. The van der Waals surface area contributed by atoms with Crippen molar-refractivity contribution >= 4 is 16.4 Å². The van der Waals surface area contributed by atoms with Crippen molar-refractivity contribution in [2.75, 3.05) is 13.1 Å². The molecule has 9 heteroatoms. The number of aliphatic carboxylic acids is 1. The van der Waals surface area contributed by atoms with Crippen LogP contribution in [0.5, 0.6) is 0 Å². The van der Waals surface area contributed by atoms with Crippen LogP contribution in [0.4, 0.5) is 0 Å². The topological polar surface area (TPSA) is 124 Å². The summed E-state index contributed by atoms with van der Waals surface area (Å²) in [4.78, 5) is 10.3. The molecule has 7 nitrogen and oxygen atoms in total. The van der Waals surface area contributed by atoms with Crippen LogP contribution in [0.1, 0.15) is 79.0 Å². The van der Waals surface area contributed by atoms with E-state index < -0.39 is 16.4 Å². The second kappa shape index (κ2) is 21.3. The Morgan fingerprint density at radius 2 is 1.25 bits per heavy atom. The third-order valence-corrected chi connectivity index (χ3v) is 3.22. The fraction of sp³-hybridized carbons (Fsp3) is 0.933. The van der Waals surface area contributed by atoms with E-state index in [9.17, 15) is 4.79 Å². The van der Waals surface area contributed by atoms with Gasteiger partial charge in [0.25, 0.3) is 0 Å². The van der Waals surface area contributed by atoms with Gasteiger partial charge in [-0.05, 0) is 13.0 Å². The van der Waals surface area contributed by atoms with E-state index in [-0.39, 0.29) is 37.4 Å². The molecule has 0 spiro atoms. The zero-order valence-electron chi connectivity index (χ0n) is 16.2. The third kappa shape index (κ3) is 43.2. The molecule has 142 valence electrons.